The fourth-order valence-corrected chi connectivity index (χ4v) is 1.86. The van der Waals surface area contributed by atoms with Crippen LogP contribution in [-0.4, -0.2) is 31.8 Å². The number of hydrogen-bond acceptors (Lipinski definition) is 4. The van der Waals surface area contributed by atoms with Gasteiger partial charge in [0.15, 0.2) is 5.82 Å². The Balaban J connectivity index is 1.90. The van der Waals surface area contributed by atoms with Crippen LogP contribution >= 0.6 is 0 Å². The van der Waals surface area contributed by atoms with Gasteiger partial charge in [-0.1, -0.05) is 0 Å². The SMILES string of the molecule is CCn1cc(N)cc1C(=O)NCCc1ncn(C)n1. The topological polar surface area (TPSA) is 90.8 Å². The molecule has 2 aromatic rings. The summed E-state index contributed by atoms with van der Waals surface area (Å²) in [6.07, 6.45) is 4.00. The molecule has 1 amide bonds. The van der Waals surface area contributed by atoms with Gasteiger partial charge in [-0.15, -0.1) is 0 Å². The van der Waals surface area contributed by atoms with Gasteiger partial charge in [0.25, 0.3) is 5.91 Å². The molecule has 0 radical (unpaired) electrons. The summed E-state index contributed by atoms with van der Waals surface area (Å²) in [5.74, 6) is 0.586. The highest BCUT2D eigenvalue weighted by atomic mass is 16.1. The fraction of sp³-hybridized carbons (Fsp3) is 0.417. The summed E-state index contributed by atoms with van der Waals surface area (Å²) < 4.78 is 3.46. The van der Waals surface area contributed by atoms with Crippen molar-refractivity contribution in [3.8, 4) is 0 Å². The Hall–Kier alpha value is -2.31. The minimum atomic E-state index is -0.130. The normalized spacial score (nSPS) is 10.6. The molecule has 2 heterocycles. The Morgan fingerprint density at radius 1 is 1.53 bits per heavy atom. The molecule has 19 heavy (non-hydrogen) atoms. The van der Waals surface area contributed by atoms with Gasteiger partial charge < -0.3 is 15.6 Å². The van der Waals surface area contributed by atoms with E-state index in [4.69, 9.17) is 5.73 Å². The van der Waals surface area contributed by atoms with E-state index in [-0.39, 0.29) is 5.91 Å². The molecule has 2 aromatic heterocycles. The molecule has 0 fully saturated rings. The summed E-state index contributed by atoms with van der Waals surface area (Å²) in [4.78, 5) is 16.1. The molecule has 0 aliphatic heterocycles. The van der Waals surface area contributed by atoms with E-state index in [0.717, 1.165) is 0 Å². The predicted octanol–water partition coefficient (Wildman–Crippen LogP) is 0.191. The molecule has 0 spiro atoms. The standard InChI is InChI=1S/C12H18N6O/c1-3-18-7-9(13)6-10(18)12(19)14-5-4-11-15-8-17(2)16-11/h6-8H,3-5,13H2,1-2H3,(H,14,19). The van der Waals surface area contributed by atoms with Gasteiger partial charge in [-0.3, -0.25) is 9.48 Å². The van der Waals surface area contributed by atoms with E-state index in [0.29, 0.717) is 36.7 Å². The van der Waals surface area contributed by atoms with Gasteiger partial charge in [0.05, 0.1) is 5.69 Å². The van der Waals surface area contributed by atoms with Crippen LogP contribution in [0.5, 0.6) is 0 Å². The van der Waals surface area contributed by atoms with Crippen LogP contribution in [-0.2, 0) is 20.0 Å². The molecule has 102 valence electrons. The summed E-state index contributed by atoms with van der Waals surface area (Å²) in [7, 11) is 1.81. The highest BCUT2D eigenvalue weighted by molar-refractivity contribution is 5.93. The van der Waals surface area contributed by atoms with Crippen LogP contribution in [0.25, 0.3) is 0 Å². The number of carbonyl (C=O) groups excluding carboxylic acids is 1. The van der Waals surface area contributed by atoms with E-state index in [2.05, 4.69) is 15.4 Å². The number of rotatable bonds is 5. The van der Waals surface area contributed by atoms with Crippen LogP contribution < -0.4 is 11.1 Å². The number of nitrogen functional groups attached to an aromatic ring is 1. The molecule has 3 N–H and O–H groups in total. The first-order chi connectivity index (χ1) is 9.10. The van der Waals surface area contributed by atoms with Crippen LogP contribution in [0.15, 0.2) is 18.6 Å². The van der Waals surface area contributed by atoms with Crippen LogP contribution in [0.1, 0.15) is 23.2 Å². The number of carbonyl (C=O) groups is 1. The van der Waals surface area contributed by atoms with Crippen molar-refractivity contribution in [1.29, 1.82) is 0 Å². The van der Waals surface area contributed by atoms with Crippen molar-refractivity contribution in [2.24, 2.45) is 7.05 Å². The number of amides is 1. The van der Waals surface area contributed by atoms with Crippen molar-refractivity contribution >= 4 is 11.6 Å². The molecule has 7 nitrogen and oxygen atoms in total. The van der Waals surface area contributed by atoms with E-state index >= 15 is 0 Å². The highest BCUT2D eigenvalue weighted by Gasteiger charge is 2.11. The van der Waals surface area contributed by atoms with Crippen molar-refractivity contribution in [3.63, 3.8) is 0 Å². The minimum absolute atomic E-state index is 0.130. The third kappa shape index (κ3) is 3.12. The van der Waals surface area contributed by atoms with E-state index in [1.165, 1.54) is 0 Å². The van der Waals surface area contributed by atoms with Crippen LogP contribution in [0.4, 0.5) is 5.69 Å². The van der Waals surface area contributed by atoms with Crippen molar-refractivity contribution < 1.29 is 4.79 Å². The highest BCUT2D eigenvalue weighted by Crippen LogP contribution is 2.10. The first-order valence-corrected chi connectivity index (χ1v) is 6.18. The largest absolute Gasteiger partial charge is 0.397 e. The maximum absolute atomic E-state index is 12.0. The lowest BCUT2D eigenvalue weighted by molar-refractivity contribution is 0.0945. The Morgan fingerprint density at radius 2 is 2.32 bits per heavy atom. The molecule has 0 unspecified atom stereocenters. The zero-order valence-corrected chi connectivity index (χ0v) is 11.1. The number of hydrogen-bond donors (Lipinski definition) is 2. The Bertz CT molecular complexity index is 571. The molecule has 2 rings (SSSR count). The molecule has 0 saturated carbocycles. The minimum Gasteiger partial charge on any atom is -0.397 e. The average molecular weight is 262 g/mol. The number of nitrogens with zero attached hydrogens (tertiary/aromatic N) is 4. The second kappa shape index (κ2) is 5.55. The van der Waals surface area contributed by atoms with E-state index in [1.54, 1.807) is 23.3 Å². The monoisotopic (exact) mass is 262 g/mol. The number of nitrogens with two attached hydrogens (primary N) is 1. The predicted molar refractivity (Wildman–Crippen MR) is 71.6 cm³/mol. The zero-order valence-electron chi connectivity index (χ0n) is 11.1. The summed E-state index contributed by atoms with van der Waals surface area (Å²) >= 11 is 0. The third-order valence-electron chi connectivity index (χ3n) is 2.77. The van der Waals surface area contributed by atoms with Gasteiger partial charge >= 0.3 is 0 Å². The van der Waals surface area contributed by atoms with Crippen molar-refractivity contribution in [2.45, 2.75) is 19.9 Å². The molecule has 0 aliphatic carbocycles. The Kier molecular flexibility index (Phi) is 3.84. The van der Waals surface area contributed by atoms with Gasteiger partial charge in [0.1, 0.15) is 12.0 Å². The summed E-state index contributed by atoms with van der Waals surface area (Å²) in [5, 5.41) is 6.99. The maximum Gasteiger partial charge on any atom is 0.267 e. The quantitative estimate of drug-likeness (QED) is 0.804. The van der Waals surface area contributed by atoms with Gasteiger partial charge in [-0.2, -0.15) is 5.10 Å². The lowest BCUT2D eigenvalue weighted by atomic mass is 10.3. The number of aryl methyl sites for hydroxylation is 2. The fourth-order valence-electron chi connectivity index (χ4n) is 1.86. The summed E-state index contributed by atoms with van der Waals surface area (Å²) in [6.45, 7) is 3.17. The van der Waals surface area contributed by atoms with Crippen LogP contribution in [0, 0.1) is 0 Å². The number of nitrogens with one attached hydrogen (secondary N) is 1. The Labute approximate surface area is 111 Å². The lowest BCUT2D eigenvalue weighted by Gasteiger charge is -2.06. The number of aromatic nitrogens is 4. The van der Waals surface area contributed by atoms with Gasteiger partial charge in [0.2, 0.25) is 0 Å². The summed E-state index contributed by atoms with van der Waals surface area (Å²) in [6, 6.07) is 1.68. The second-order valence-corrected chi connectivity index (χ2v) is 4.29. The van der Waals surface area contributed by atoms with Crippen molar-refractivity contribution in [2.75, 3.05) is 12.3 Å². The van der Waals surface area contributed by atoms with Crippen LogP contribution in [0.3, 0.4) is 0 Å². The Morgan fingerprint density at radius 3 is 2.95 bits per heavy atom. The summed E-state index contributed by atoms with van der Waals surface area (Å²) in [5.41, 5.74) is 6.87. The lowest BCUT2D eigenvalue weighted by Crippen LogP contribution is -2.28. The molecular formula is C12H18N6O. The van der Waals surface area contributed by atoms with E-state index in [1.807, 2.05) is 18.5 Å². The van der Waals surface area contributed by atoms with Gasteiger partial charge in [-0.25, -0.2) is 4.98 Å². The average Bonchev–Trinajstić information content (AvgIpc) is 2.95. The first-order valence-electron chi connectivity index (χ1n) is 6.18. The maximum atomic E-state index is 12.0. The van der Waals surface area contributed by atoms with Gasteiger partial charge in [-0.05, 0) is 13.0 Å². The first kappa shape index (κ1) is 13.1. The van der Waals surface area contributed by atoms with Crippen molar-refractivity contribution in [1.82, 2.24) is 24.6 Å². The molecule has 0 aliphatic rings. The molecule has 0 bridgehead atoms. The molecule has 0 aromatic carbocycles. The third-order valence-corrected chi connectivity index (χ3v) is 2.77. The van der Waals surface area contributed by atoms with E-state index in [9.17, 15) is 4.79 Å². The second-order valence-electron chi connectivity index (χ2n) is 4.29. The molecule has 0 atom stereocenters. The van der Waals surface area contributed by atoms with Crippen LogP contribution in [0.2, 0.25) is 0 Å². The van der Waals surface area contributed by atoms with E-state index < -0.39 is 0 Å². The number of anilines is 1. The molecule has 0 saturated heterocycles. The van der Waals surface area contributed by atoms with Gasteiger partial charge in [0, 0.05) is 32.8 Å². The zero-order chi connectivity index (χ0) is 13.8. The van der Waals surface area contributed by atoms with Crippen molar-refractivity contribution in [3.05, 3.63) is 30.1 Å². The smallest absolute Gasteiger partial charge is 0.267 e. The molecular weight excluding hydrogens is 244 g/mol. The molecule has 7 heteroatoms.